The van der Waals surface area contributed by atoms with E-state index in [0.717, 1.165) is 16.7 Å². The average Bonchev–Trinajstić information content (AvgIpc) is 2.30. The van der Waals surface area contributed by atoms with E-state index in [1.807, 2.05) is 61.5 Å². The zero-order valence-corrected chi connectivity index (χ0v) is 9.22. The molecule has 0 saturated heterocycles. The summed E-state index contributed by atoms with van der Waals surface area (Å²) in [6.07, 6.45) is 3.95. The Bertz CT molecular complexity index is 478. The molecule has 0 bridgehead atoms. The molecule has 0 saturated carbocycles. The molecule has 1 N–H and O–H groups in total. The SMILES string of the molecule is Cc1cccc(O)c1C=Cc1ccccc1. The van der Waals surface area contributed by atoms with Gasteiger partial charge >= 0.3 is 0 Å². The lowest BCUT2D eigenvalue weighted by Gasteiger charge is -2.02. The maximum Gasteiger partial charge on any atom is 0.123 e. The van der Waals surface area contributed by atoms with Crippen molar-refractivity contribution in [3.05, 3.63) is 65.2 Å². The quantitative estimate of drug-likeness (QED) is 0.746. The van der Waals surface area contributed by atoms with Crippen LogP contribution in [0.1, 0.15) is 16.7 Å². The van der Waals surface area contributed by atoms with Crippen LogP contribution in [0.5, 0.6) is 5.75 Å². The number of aryl methyl sites for hydroxylation is 1. The Morgan fingerprint density at radius 3 is 2.31 bits per heavy atom. The van der Waals surface area contributed by atoms with Gasteiger partial charge in [0.15, 0.2) is 0 Å². The number of hydrogen-bond donors (Lipinski definition) is 1. The lowest BCUT2D eigenvalue weighted by atomic mass is 10.1. The minimum absolute atomic E-state index is 0.326. The first-order chi connectivity index (χ1) is 7.77. The van der Waals surface area contributed by atoms with Crippen molar-refractivity contribution in [1.29, 1.82) is 0 Å². The molecule has 1 heteroatoms. The summed E-state index contributed by atoms with van der Waals surface area (Å²) in [5, 5.41) is 9.72. The Morgan fingerprint density at radius 1 is 0.875 bits per heavy atom. The monoisotopic (exact) mass is 210 g/mol. The van der Waals surface area contributed by atoms with E-state index in [-0.39, 0.29) is 0 Å². The zero-order valence-electron chi connectivity index (χ0n) is 9.22. The Labute approximate surface area is 95.7 Å². The van der Waals surface area contributed by atoms with Crippen LogP contribution in [0.15, 0.2) is 48.5 Å². The number of aromatic hydroxyl groups is 1. The Kier molecular flexibility index (Phi) is 3.06. The molecule has 0 aliphatic rings. The zero-order chi connectivity index (χ0) is 11.4. The van der Waals surface area contributed by atoms with Crippen molar-refractivity contribution >= 4 is 12.2 Å². The molecule has 16 heavy (non-hydrogen) atoms. The summed E-state index contributed by atoms with van der Waals surface area (Å²) in [5.41, 5.74) is 3.09. The van der Waals surface area contributed by atoms with E-state index < -0.39 is 0 Å². The van der Waals surface area contributed by atoms with Gasteiger partial charge in [-0.2, -0.15) is 0 Å². The molecule has 2 aromatic rings. The average molecular weight is 210 g/mol. The van der Waals surface area contributed by atoms with Crippen molar-refractivity contribution in [2.75, 3.05) is 0 Å². The minimum atomic E-state index is 0.326. The molecule has 0 radical (unpaired) electrons. The van der Waals surface area contributed by atoms with Gasteiger partial charge in [0.1, 0.15) is 5.75 Å². The molecule has 0 unspecified atom stereocenters. The molecule has 1 nitrogen and oxygen atoms in total. The molecule has 80 valence electrons. The van der Waals surface area contributed by atoms with E-state index in [4.69, 9.17) is 0 Å². The van der Waals surface area contributed by atoms with Crippen LogP contribution in [0.2, 0.25) is 0 Å². The van der Waals surface area contributed by atoms with Crippen LogP contribution in [0.4, 0.5) is 0 Å². The van der Waals surface area contributed by atoms with Crippen LogP contribution >= 0.6 is 0 Å². The third-order valence-corrected chi connectivity index (χ3v) is 2.54. The Morgan fingerprint density at radius 2 is 1.62 bits per heavy atom. The first-order valence-corrected chi connectivity index (χ1v) is 5.29. The van der Waals surface area contributed by atoms with Gasteiger partial charge in [0.2, 0.25) is 0 Å². The Hall–Kier alpha value is -2.02. The first-order valence-electron chi connectivity index (χ1n) is 5.29. The van der Waals surface area contributed by atoms with Gasteiger partial charge in [-0.25, -0.2) is 0 Å². The molecule has 0 aliphatic heterocycles. The van der Waals surface area contributed by atoms with E-state index in [0.29, 0.717) is 5.75 Å². The number of benzene rings is 2. The largest absolute Gasteiger partial charge is 0.507 e. The van der Waals surface area contributed by atoms with Gasteiger partial charge in [0.05, 0.1) is 0 Å². The molecule has 0 spiro atoms. The predicted molar refractivity (Wildman–Crippen MR) is 68.2 cm³/mol. The molecule has 0 aliphatic carbocycles. The highest BCUT2D eigenvalue weighted by Gasteiger charge is 1.99. The van der Waals surface area contributed by atoms with Crippen molar-refractivity contribution in [3.63, 3.8) is 0 Å². The summed E-state index contributed by atoms with van der Waals surface area (Å²) in [7, 11) is 0. The predicted octanol–water partition coefficient (Wildman–Crippen LogP) is 3.87. The van der Waals surface area contributed by atoms with Gasteiger partial charge in [0.25, 0.3) is 0 Å². The third-order valence-electron chi connectivity index (χ3n) is 2.54. The van der Waals surface area contributed by atoms with Crippen LogP contribution in [0, 0.1) is 6.92 Å². The number of hydrogen-bond acceptors (Lipinski definition) is 1. The van der Waals surface area contributed by atoms with Crippen LogP contribution in [0.25, 0.3) is 12.2 Å². The van der Waals surface area contributed by atoms with Crippen LogP contribution in [-0.2, 0) is 0 Å². The molecule has 2 aromatic carbocycles. The molecule has 0 fully saturated rings. The third kappa shape index (κ3) is 2.31. The van der Waals surface area contributed by atoms with Gasteiger partial charge in [-0.1, -0.05) is 54.6 Å². The summed E-state index contributed by atoms with van der Waals surface area (Å²) in [4.78, 5) is 0. The van der Waals surface area contributed by atoms with E-state index in [2.05, 4.69) is 0 Å². The van der Waals surface area contributed by atoms with Crippen molar-refractivity contribution in [2.45, 2.75) is 6.92 Å². The lowest BCUT2D eigenvalue weighted by Crippen LogP contribution is -1.80. The van der Waals surface area contributed by atoms with E-state index in [9.17, 15) is 5.11 Å². The van der Waals surface area contributed by atoms with Crippen molar-refractivity contribution < 1.29 is 5.11 Å². The van der Waals surface area contributed by atoms with Gasteiger partial charge in [-0.05, 0) is 24.1 Å². The maximum absolute atomic E-state index is 9.72. The molecular formula is C15H14O. The molecule has 2 rings (SSSR count). The second-order valence-corrected chi connectivity index (χ2v) is 3.75. The van der Waals surface area contributed by atoms with Gasteiger partial charge in [0, 0.05) is 5.56 Å². The number of phenolic OH excluding ortho intramolecular Hbond substituents is 1. The van der Waals surface area contributed by atoms with Gasteiger partial charge < -0.3 is 5.11 Å². The fourth-order valence-corrected chi connectivity index (χ4v) is 1.63. The highest BCUT2D eigenvalue weighted by Crippen LogP contribution is 2.22. The van der Waals surface area contributed by atoms with Gasteiger partial charge in [-0.3, -0.25) is 0 Å². The topological polar surface area (TPSA) is 20.2 Å². The standard InChI is InChI=1S/C15H14O/c1-12-6-5-9-15(16)14(12)11-10-13-7-3-2-4-8-13/h2-11,16H,1H3. The molecule has 0 amide bonds. The minimum Gasteiger partial charge on any atom is -0.507 e. The summed E-state index contributed by atoms with van der Waals surface area (Å²) < 4.78 is 0. The summed E-state index contributed by atoms with van der Waals surface area (Å²) in [6, 6.07) is 15.6. The van der Waals surface area contributed by atoms with Crippen molar-refractivity contribution in [3.8, 4) is 5.75 Å². The van der Waals surface area contributed by atoms with Crippen LogP contribution in [0.3, 0.4) is 0 Å². The number of phenols is 1. The summed E-state index contributed by atoms with van der Waals surface area (Å²) >= 11 is 0. The molecule has 0 heterocycles. The normalized spacial score (nSPS) is 10.8. The molecule has 0 atom stereocenters. The molecular weight excluding hydrogens is 196 g/mol. The second-order valence-electron chi connectivity index (χ2n) is 3.75. The van der Waals surface area contributed by atoms with Gasteiger partial charge in [-0.15, -0.1) is 0 Å². The van der Waals surface area contributed by atoms with E-state index in [1.54, 1.807) is 6.07 Å². The van der Waals surface area contributed by atoms with E-state index in [1.165, 1.54) is 0 Å². The van der Waals surface area contributed by atoms with Crippen molar-refractivity contribution in [1.82, 2.24) is 0 Å². The number of rotatable bonds is 2. The highest BCUT2D eigenvalue weighted by atomic mass is 16.3. The fourth-order valence-electron chi connectivity index (χ4n) is 1.63. The smallest absolute Gasteiger partial charge is 0.123 e. The van der Waals surface area contributed by atoms with E-state index >= 15 is 0 Å². The fraction of sp³-hybridized carbons (Fsp3) is 0.0667. The van der Waals surface area contributed by atoms with Crippen molar-refractivity contribution in [2.24, 2.45) is 0 Å². The second kappa shape index (κ2) is 4.67. The Balaban J connectivity index is 2.31. The van der Waals surface area contributed by atoms with Crippen LogP contribution < -0.4 is 0 Å². The summed E-state index contributed by atoms with van der Waals surface area (Å²) in [5.74, 6) is 0.326. The maximum atomic E-state index is 9.72. The lowest BCUT2D eigenvalue weighted by molar-refractivity contribution is 0.473. The summed E-state index contributed by atoms with van der Waals surface area (Å²) in [6.45, 7) is 1.99. The highest BCUT2D eigenvalue weighted by molar-refractivity contribution is 5.73. The first kappa shape index (κ1) is 10.5. The molecule has 0 aromatic heterocycles. The van der Waals surface area contributed by atoms with Crippen LogP contribution in [-0.4, -0.2) is 5.11 Å².